The van der Waals surface area contributed by atoms with E-state index >= 15 is 0 Å². The van der Waals surface area contributed by atoms with Crippen LogP contribution in [0.1, 0.15) is 12.8 Å². The molecule has 8 heteroatoms. The highest BCUT2D eigenvalue weighted by atomic mass is 35.5. The molecule has 2 aliphatic rings. The molecule has 3 rings (SSSR count). The van der Waals surface area contributed by atoms with Crippen LogP contribution in [0.5, 0.6) is 0 Å². The van der Waals surface area contributed by atoms with Crippen molar-refractivity contribution in [3.8, 4) is 0 Å². The van der Waals surface area contributed by atoms with Crippen LogP contribution in [-0.4, -0.2) is 67.0 Å². The van der Waals surface area contributed by atoms with Gasteiger partial charge in [-0.15, -0.1) is 0 Å². The van der Waals surface area contributed by atoms with E-state index in [0.29, 0.717) is 48.5 Å². The Morgan fingerprint density at radius 3 is 2.64 bits per heavy atom. The Kier molecular flexibility index (Phi) is 6.17. The predicted octanol–water partition coefficient (Wildman–Crippen LogP) is 2.26. The van der Waals surface area contributed by atoms with Gasteiger partial charge in [0.1, 0.15) is 6.10 Å². The maximum absolute atomic E-state index is 12.3. The standard InChI is InChI=1S/C17H21Cl2N3O3/c18-12-3-4-13(19)14(10-12)20-16(23)11-21-5-7-22(8-6-21)17(24)15-2-1-9-25-15/h3-4,10,15H,1-2,5-9,11H2,(H,20,23)/t15-/m1/s1. The second-order valence-electron chi connectivity index (χ2n) is 6.28. The van der Waals surface area contributed by atoms with Crippen molar-refractivity contribution < 1.29 is 14.3 Å². The van der Waals surface area contributed by atoms with Crippen LogP contribution >= 0.6 is 23.2 Å². The number of halogens is 2. The van der Waals surface area contributed by atoms with Gasteiger partial charge in [-0.1, -0.05) is 23.2 Å². The minimum absolute atomic E-state index is 0.0762. The van der Waals surface area contributed by atoms with E-state index in [4.69, 9.17) is 27.9 Å². The number of rotatable bonds is 4. The molecule has 6 nitrogen and oxygen atoms in total. The molecule has 0 radical (unpaired) electrons. The van der Waals surface area contributed by atoms with Crippen molar-refractivity contribution in [1.29, 1.82) is 0 Å². The van der Waals surface area contributed by atoms with Crippen molar-refractivity contribution >= 4 is 40.7 Å². The van der Waals surface area contributed by atoms with E-state index in [0.717, 1.165) is 12.8 Å². The van der Waals surface area contributed by atoms with Gasteiger partial charge in [0.05, 0.1) is 17.3 Å². The number of piperazine rings is 1. The topological polar surface area (TPSA) is 61.9 Å². The van der Waals surface area contributed by atoms with Gasteiger partial charge < -0.3 is 15.0 Å². The smallest absolute Gasteiger partial charge is 0.251 e. The Morgan fingerprint density at radius 1 is 1.20 bits per heavy atom. The molecule has 2 amide bonds. The summed E-state index contributed by atoms with van der Waals surface area (Å²) >= 11 is 12.0. The summed E-state index contributed by atoms with van der Waals surface area (Å²) in [6.07, 6.45) is 1.48. The molecular weight excluding hydrogens is 365 g/mol. The molecule has 2 aliphatic heterocycles. The summed E-state index contributed by atoms with van der Waals surface area (Å²) in [4.78, 5) is 28.4. The first-order chi connectivity index (χ1) is 12.0. The third-order valence-electron chi connectivity index (χ3n) is 4.46. The molecule has 1 N–H and O–H groups in total. The molecule has 2 saturated heterocycles. The van der Waals surface area contributed by atoms with Crippen LogP contribution in [-0.2, 0) is 14.3 Å². The first-order valence-electron chi connectivity index (χ1n) is 8.40. The second-order valence-corrected chi connectivity index (χ2v) is 7.12. The average molecular weight is 386 g/mol. The lowest BCUT2D eigenvalue weighted by molar-refractivity contribution is -0.142. The molecule has 0 bridgehead atoms. The quantitative estimate of drug-likeness (QED) is 0.863. The van der Waals surface area contributed by atoms with E-state index in [1.54, 1.807) is 18.2 Å². The Hall–Kier alpha value is -1.34. The summed E-state index contributed by atoms with van der Waals surface area (Å²) in [7, 11) is 0. The fourth-order valence-corrected chi connectivity index (χ4v) is 3.43. The van der Waals surface area contributed by atoms with Crippen molar-refractivity contribution in [3.05, 3.63) is 28.2 Å². The van der Waals surface area contributed by atoms with Gasteiger partial charge >= 0.3 is 0 Å². The number of amides is 2. The van der Waals surface area contributed by atoms with Gasteiger partial charge in [0.25, 0.3) is 5.91 Å². The zero-order valence-corrected chi connectivity index (χ0v) is 15.4. The predicted molar refractivity (Wildman–Crippen MR) is 97.1 cm³/mol. The third-order valence-corrected chi connectivity index (χ3v) is 5.02. The van der Waals surface area contributed by atoms with Crippen molar-refractivity contribution in [1.82, 2.24) is 9.80 Å². The summed E-state index contributed by atoms with van der Waals surface area (Å²) < 4.78 is 5.45. The molecule has 0 saturated carbocycles. The van der Waals surface area contributed by atoms with Crippen LogP contribution in [0.3, 0.4) is 0 Å². The van der Waals surface area contributed by atoms with Crippen LogP contribution in [0, 0.1) is 0 Å². The van der Waals surface area contributed by atoms with Gasteiger partial charge in [-0.05, 0) is 31.0 Å². The number of benzene rings is 1. The molecule has 0 aliphatic carbocycles. The zero-order chi connectivity index (χ0) is 17.8. The van der Waals surface area contributed by atoms with E-state index in [1.165, 1.54) is 0 Å². The van der Waals surface area contributed by atoms with Crippen LogP contribution in [0.15, 0.2) is 18.2 Å². The Balaban J connectivity index is 1.46. The van der Waals surface area contributed by atoms with Crippen LogP contribution in [0.2, 0.25) is 10.0 Å². The maximum atomic E-state index is 12.3. The van der Waals surface area contributed by atoms with Gasteiger partial charge in [-0.3, -0.25) is 14.5 Å². The van der Waals surface area contributed by atoms with Gasteiger partial charge in [0.2, 0.25) is 5.91 Å². The summed E-state index contributed by atoms with van der Waals surface area (Å²) in [6, 6.07) is 4.94. The molecule has 2 fully saturated rings. The number of carbonyl (C=O) groups is 2. The molecule has 1 atom stereocenters. The van der Waals surface area contributed by atoms with E-state index < -0.39 is 0 Å². The van der Waals surface area contributed by atoms with Crippen molar-refractivity contribution in [2.75, 3.05) is 44.6 Å². The third kappa shape index (κ3) is 4.85. The first kappa shape index (κ1) is 18.5. The van der Waals surface area contributed by atoms with E-state index in [9.17, 15) is 9.59 Å². The fourth-order valence-electron chi connectivity index (χ4n) is 3.09. The Bertz CT molecular complexity index is 642. The normalized spacial score (nSPS) is 21.4. The largest absolute Gasteiger partial charge is 0.368 e. The number of carbonyl (C=O) groups excluding carboxylic acids is 2. The Labute approximate surface area is 157 Å². The highest BCUT2D eigenvalue weighted by molar-refractivity contribution is 6.35. The number of ether oxygens (including phenoxy) is 1. The summed E-state index contributed by atoms with van der Waals surface area (Å²) in [5.74, 6) is -0.0737. The summed E-state index contributed by atoms with van der Waals surface area (Å²) in [5.41, 5.74) is 0.506. The fraction of sp³-hybridized carbons (Fsp3) is 0.529. The molecule has 0 aromatic heterocycles. The molecule has 1 aromatic carbocycles. The van der Waals surface area contributed by atoms with Crippen LogP contribution in [0.25, 0.3) is 0 Å². The minimum atomic E-state index is -0.278. The lowest BCUT2D eigenvalue weighted by Crippen LogP contribution is -2.52. The van der Waals surface area contributed by atoms with Gasteiger partial charge in [0.15, 0.2) is 0 Å². The van der Waals surface area contributed by atoms with Gasteiger partial charge in [0, 0.05) is 37.8 Å². The number of anilines is 1. The molecular formula is C17H21Cl2N3O3. The lowest BCUT2D eigenvalue weighted by Gasteiger charge is -2.35. The van der Waals surface area contributed by atoms with Crippen LogP contribution in [0.4, 0.5) is 5.69 Å². The maximum Gasteiger partial charge on any atom is 0.251 e. The van der Waals surface area contributed by atoms with Crippen molar-refractivity contribution in [2.45, 2.75) is 18.9 Å². The first-order valence-corrected chi connectivity index (χ1v) is 9.16. The lowest BCUT2D eigenvalue weighted by atomic mass is 10.2. The molecule has 136 valence electrons. The van der Waals surface area contributed by atoms with E-state index in [-0.39, 0.29) is 24.5 Å². The minimum Gasteiger partial charge on any atom is -0.368 e. The molecule has 0 spiro atoms. The average Bonchev–Trinajstić information content (AvgIpc) is 3.13. The molecule has 25 heavy (non-hydrogen) atoms. The van der Waals surface area contributed by atoms with Gasteiger partial charge in [-0.25, -0.2) is 0 Å². The number of nitrogens with one attached hydrogen (secondary N) is 1. The van der Waals surface area contributed by atoms with Crippen LogP contribution < -0.4 is 5.32 Å². The van der Waals surface area contributed by atoms with E-state index in [2.05, 4.69) is 5.32 Å². The second kappa shape index (κ2) is 8.36. The monoisotopic (exact) mass is 385 g/mol. The number of hydrogen-bond acceptors (Lipinski definition) is 4. The molecule has 0 unspecified atom stereocenters. The van der Waals surface area contributed by atoms with Crippen molar-refractivity contribution in [3.63, 3.8) is 0 Å². The highest BCUT2D eigenvalue weighted by Crippen LogP contribution is 2.25. The zero-order valence-electron chi connectivity index (χ0n) is 13.8. The van der Waals surface area contributed by atoms with Gasteiger partial charge in [-0.2, -0.15) is 0 Å². The summed E-state index contributed by atoms with van der Waals surface area (Å²) in [6.45, 7) is 3.48. The molecule has 1 aromatic rings. The van der Waals surface area contributed by atoms with E-state index in [1.807, 2.05) is 9.80 Å². The Morgan fingerprint density at radius 2 is 1.96 bits per heavy atom. The SMILES string of the molecule is O=C(CN1CCN(C(=O)[C@H]2CCCO2)CC1)Nc1cc(Cl)ccc1Cl. The number of nitrogens with zero attached hydrogens (tertiary/aromatic N) is 2. The number of hydrogen-bond donors (Lipinski definition) is 1. The van der Waals surface area contributed by atoms with Crippen molar-refractivity contribution in [2.24, 2.45) is 0 Å². The molecule has 2 heterocycles. The highest BCUT2D eigenvalue weighted by Gasteiger charge is 2.30. The summed E-state index contributed by atoms with van der Waals surface area (Å²) in [5, 5.41) is 3.74.